The second kappa shape index (κ2) is 7.40. The molecule has 0 radical (unpaired) electrons. The zero-order valence-corrected chi connectivity index (χ0v) is 13.7. The van der Waals surface area contributed by atoms with Gasteiger partial charge in [0.05, 0.1) is 30.2 Å². The van der Waals surface area contributed by atoms with Gasteiger partial charge in [-0.3, -0.25) is 4.79 Å². The number of amides is 1. The molecule has 0 aliphatic carbocycles. The molecule has 2 atom stereocenters. The second-order valence-electron chi connectivity index (χ2n) is 6.01. The van der Waals surface area contributed by atoms with Crippen molar-refractivity contribution >= 4 is 11.6 Å². The van der Waals surface area contributed by atoms with Crippen molar-refractivity contribution in [1.82, 2.24) is 14.9 Å². The molecule has 2 aromatic rings. The summed E-state index contributed by atoms with van der Waals surface area (Å²) in [5.41, 5.74) is 1.86. The first-order chi connectivity index (χ1) is 11.7. The average Bonchev–Trinajstić information content (AvgIpc) is 2.64. The Morgan fingerprint density at radius 3 is 2.67 bits per heavy atom. The summed E-state index contributed by atoms with van der Waals surface area (Å²) in [5, 5.41) is 13.4. The summed E-state index contributed by atoms with van der Waals surface area (Å²) in [6.45, 7) is 0.616. The predicted molar refractivity (Wildman–Crippen MR) is 91.8 cm³/mol. The number of carbonyl (C=O) groups excluding carboxylic acids is 1. The van der Waals surface area contributed by atoms with Gasteiger partial charge in [-0.1, -0.05) is 30.3 Å². The Balaban J connectivity index is 1.80. The summed E-state index contributed by atoms with van der Waals surface area (Å²) in [5.74, 6) is -0.0569. The van der Waals surface area contributed by atoms with Crippen molar-refractivity contribution in [2.75, 3.05) is 18.9 Å². The van der Waals surface area contributed by atoms with Gasteiger partial charge in [0, 0.05) is 13.6 Å². The molecule has 1 aromatic heterocycles. The lowest BCUT2D eigenvalue weighted by molar-refractivity contribution is 0.0111. The van der Waals surface area contributed by atoms with Crippen LogP contribution >= 0.6 is 0 Å². The number of nitrogens with zero attached hydrogens (tertiary/aromatic N) is 3. The van der Waals surface area contributed by atoms with Gasteiger partial charge in [-0.25, -0.2) is 9.97 Å². The maximum absolute atomic E-state index is 12.8. The Morgan fingerprint density at radius 2 is 2.00 bits per heavy atom. The summed E-state index contributed by atoms with van der Waals surface area (Å²) in [7, 11) is 1.77. The maximum atomic E-state index is 12.8. The molecule has 2 heterocycles. The average molecular weight is 326 g/mol. The Morgan fingerprint density at radius 1 is 1.29 bits per heavy atom. The number of rotatable bonds is 4. The van der Waals surface area contributed by atoms with Crippen LogP contribution in [0.3, 0.4) is 0 Å². The first kappa shape index (κ1) is 16.4. The van der Waals surface area contributed by atoms with E-state index in [1.54, 1.807) is 24.3 Å². The lowest BCUT2D eigenvalue weighted by Gasteiger charge is -2.38. The van der Waals surface area contributed by atoms with E-state index in [4.69, 9.17) is 0 Å². The second-order valence-corrected chi connectivity index (χ2v) is 6.01. The zero-order valence-electron chi connectivity index (χ0n) is 13.7. The number of aliphatic hydroxyl groups is 1. The number of piperidine rings is 1. The number of anilines is 1. The van der Waals surface area contributed by atoms with Crippen LogP contribution in [-0.4, -0.2) is 51.6 Å². The van der Waals surface area contributed by atoms with Crippen LogP contribution in [0.25, 0.3) is 0 Å². The highest BCUT2D eigenvalue weighted by Crippen LogP contribution is 2.23. The molecule has 6 nitrogen and oxygen atoms in total. The fourth-order valence-corrected chi connectivity index (χ4v) is 3.09. The van der Waals surface area contributed by atoms with Crippen LogP contribution in [0, 0.1) is 0 Å². The number of hydrogen-bond donors (Lipinski definition) is 2. The molecule has 24 heavy (non-hydrogen) atoms. The van der Waals surface area contributed by atoms with Gasteiger partial charge in [-0.2, -0.15) is 0 Å². The molecule has 1 amide bonds. The molecule has 3 rings (SSSR count). The third-order valence-corrected chi connectivity index (χ3v) is 4.42. The van der Waals surface area contributed by atoms with E-state index >= 15 is 0 Å². The zero-order chi connectivity index (χ0) is 16.9. The van der Waals surface area contributed by atoms with Crippen molar-refractivity contribution in [3.8, 4) is 0 Å². The Bertz CT molecular complexity index is 675. The van der Waals surface area contributed by atoms with Gasteiger partial charge < -0.3 is 15.3 Å². The molecule has 126 valence electrons. The number of likely N-dealkylation sites (tertiary alicyclic amines) is 1. The number of nitrogens with one attached hydrogen (secondary N) is 1. The van der Waals surface area contributed by atoms with Crippen molar-refractivity contribution in [2.24, 2.45) is 0 Å². The topological polar surface area (TPSA) is 78.4 Å². The molecule has 1 aliphatic heterocycles. The van der Waals surface area contributed by atoms with E-state index in [0.717, 1.165) is 17.7 Å². The number of carbonyl (C=O) groups is 1. The standard InChI is InChI=1S/C18H22N4O2/c1-19-14-11-20-17(21-12-14)18(24)22-9-5-8-16(23)15(22)10-13-6-3-2-4-7-13/h2-4,6-7,11-12,15-16,19,23H,5,8-10H2,1H3/t15-,16-/m0/s1. The first-order valence-corrected chi connectivity index (χ1v) is 8.22. The summed E-state index contributed by atoms with van der Waals surface area (Å²) in [4.78, 5) is 22.8. The highest BCUT2D eigenvalue weighted by atomic mass is 16.3. The van der Waals surface area contributed by atoms with E-state index in [1.807, 2.05) is 30.3 Å². The van der Waals surface area contributed by atoms with Gasteiger partial charge in [-0.05, 0) is 24.8 Å². The van der Waals surface area contributed by atoms with Crippen LogP contribution in [0.15, 0.2) is 42.7 Å². The quantitative estimate of drug-likeness (QED) is 0.894. The summed E-state index contributed by atoms with van der Waals surface area (Å²) in [6.07, 6.45) is 4.77. The third-order valence-electron chi connectivity index (χ3n) is 4.42. The molecule has 1 fully saturated rings. The minimum atomic E-state index is -0.528. The minimum Gasteiger partial charge on any atom is -0.391 e. The fourth-order valence-electron chi connectivity index (χ4n) is 3.09. The maximum Gasteiger partial charge on any atom is 0.292 e. The molecule has 6 heteroatoms. The normalized spacial score (nSPS) is 20.7. The van der Waals surface area contributed by atoms with E-state index in [1.165, 1.54) is 0 Å². The highest BCUT2D eigenvalue weighted by Gasteiger charge is 2.34. The van der Waals surface area contributed by atoms with E-state index in [9.17, 15) is 9.90 Å². The Kier molecular flexibility index (Phi) is 5.05. The highest BCUT2D eigenvalue weighted by molar-refractivity contribution is 5.91. The predicted octanol–water partition coefficient (Wildman–Crippen LogP) is 1.73. The molecule has 1 saturated heterocycles. The van der Waals surface area contributed by atoms with Crippen molar-refractivity contribution in [1.29, 1.82) is 0 Å². The van der Waals surface area contributed by atoms with Gasteiger partial charge in [-0.15, -0.1) is 0 Å². The molecule has 0 unspecified atom stereocenters. The van der Waals surface area contributed by atoms with Gasteiger partial charge in [0.2, 0.25) is 5.82 Å². The van der Waals surface area contributed by atoms with E-state index in [0.29, 0.717) is 19.4 Å². The Labute approximate surface area is 141 Å². The van der Waals surface area contributed by atoms with Crippen LogP contribution in [-0.2, 0) is 6.42 Å². The summed E-state index contributed by atoms with van der Waals surface area (Å²) < 4.78 is 0. The largest absolute Gasteiger partial charge is 0.391 e. The SMILES string of the molecule is CNc1cnc(C(=O)N2CCC[C@H](O)[C@@H]2Cc2ccccc2)nc1. The molecule has 0 spiro atoms. The third kappa shape index (κ3) is 3.54. The van der Waals surface area contributed by atoms with E-state index in [2.05, 4.69) is 15.3 Å². The molecular formula is C18H22N4O2. The molecular weight excluding hydrogens is 304 g/mol. The summed E-state index contributed by atoms with van der Waals surface area (Å²) in [6, 6.07) is 9.68. The van der Waals surface area contributed by atoms with Gasteiger partial charge >= 0.3 is 0 Å². The lowest BCUT2D eigenvalue weighted by Crippen LogP contribution is -2.52. The minimum absolute atomic E-state index is 0.168. The van der Waals surface area contributed by atoms with Crippen molar-refractivity contribution in [3.05, 3.63) is 54.1 Å². The molecule has 0 saturated carbocycles. The van der Waals surface area contributed by atoms with Crippen LogP contribution < -0.4 is 5.32 Å². The van der Waals surface area contributed by atoms with Gasteiger partial charge in [0.25, 0.3) is 5.91 Å². The van der Waals surface area contributed by atoms with E-state index in [-0.39, 0.29) is 17.8 Å². The van der Waals surface area contributed by atoms with Crippen LogP contribution in [0.1, 0.15) is 29.0 Å². The fraction of sp³-hybridized carbons (Fsp3) is 0.389. The molecule has 1 aliphatic rings. The van der Waals surface area contributed by atoms with Crippen LogP contribution in [0.2, 0.25) is 0 Å². The number of benzene rings is 1. The number of hydrogen-bond acceptors (Lipinski definition) is 5. The molecule has 0 bridgehead atoms. The monoisotopic (exact) mass is 326 g/mol. The molecule has 2 N–H and O–H groups in total. The van der Waals surface area contributed by atoms with Crippen LogP contribution in [0.5, 0.6) is 0 Å². The molecule has 1 aromatic carbocycles. The van der Waals surface area contributed by atoms with Crippen molar-refractivity contribution < 1.29 is 9.90 Å². The smallest absolute Gasteiger partial charge is 0.292 e. The number of aliphatic hydroxyl groups excluding tert-OH is 1. The van der Waals surface area contributed by atoms with Gasteiger partial charge in [0.1, 0.15) is 0 Å². The lowest BCUT2D eigenvalue weighted by atomic mass is 9.93. The first-order valence-electron chi connectivity index (χ1n) is 8.22. The van der Waals surface area contributed by atoms with E-state index < -0.39 is 6.10 Å². The van der Waals surface area contributed by atoms with Gasteiger partial charge in [0.15, 0.2) is 0 Å². The van der Waals surface area contributed by atoms with Crippen molar-refractivity contribution in [3.63, 3.8) is 0 Å². The van der Waals surface area contributed by atoms with Crippen molar-refractivity contribution in [2.45, 2.75) is 31.4 Å². The summed E-state index contributed by atoms with van der Waals surface area (Å²) >= 11 is 0. The Hall–Kier alpha value is -2.47. The van der Waals surface area contributed by atoms with Crippen LogP contribution in [0.4, 0.5) is 5.69 Å². The number of aromatic nitrogens is 2.